The molecule has 1 unspecified atom stereocenters. The Bertz CT molecular complexity index is 670. The molecule has 0 saturated carbocycles. The second-order valence-corrected chi connectivity index (χ2v) is 5.46. The van der Waals surface area contributed by atoms with Gasteiger partial charge in [0.1, 0.15) is 6.04 Å². The third-order valence-electron chi connectivity index (χ3n) is 3.94. The van der Waals surface area contributed by atoms with Crippen LogP contribution in [-0.4, -0.2) is 52.3 Å². The molecule has 2 rings (SSSR count). The minimum atomic E-state index is -1.37. The van der Waals surface area contributed by atoms with Crippen LogP contribution in [0.1, 0.15) is 40.0 Å². The molecule has 2 N–H and O–H groups in total. The van der Waals surface area contributed by atoms with Gasteiger partial charge in [-0.3, -0.25) is 19.7 Å². The first kappa shape index (κ1) is 17.4. The van der Waals surface area contributed by atoms with Gasteiger partial charge in [0.05, 0.1) is 10.5 Å². The third-order valence-corrected chi connectivity index (χ3v) is 3.94. The summed E-state index contributed by atoms with van der Waals surface area (Å²) < 4.78 is 0. The van der Waals surface area contributed by atoms with Gasteiger partial charge >= 0.3 is 5.97 Å². The zero-order valence-corrected chi connectivity index (χ0v) is 13.0. The maximum atomic E-state index is 12.7. The van der Waals surface area contributed by atoms with Crippen molar-refractivity contribution in [3.8, 4) is 0 Å². The van der Waals surface area contributed by atoms with Crippen LogP contribution in [0.4, 0.5) is 5.69 Å². The van der Waals surface area contributed by atoms with E-state index in [0.29, 0.717) is 19.4 Å². The summed E-state index contributed by atoms with van der Waals surface area (Å²) >= 11 is 0. The Labute approximate surface area is 137 Å². The van der Waals surface area contributed by atoms with Gasteiger partial charge in [-0.2, -0.15) is 0 Å². The maximum Gasteiger partial charge on any atom is 0.335 e. The van der Waals surface area contributed by atoms with E-state index in [2.05, 4.69) is 5.32 Å². The Hall–Kier alpha value is -2.97. The lowest BCUT2D eigenvalue weighted by Gasteiger charge is -2.34. The third kappa shape index (κ3) is 3.50. The SMILES string of the molecule is CNC(=O)C1CCCCN1C(=O)c1cc(C(=O)O)cc([N+](=O)[O-])c1. The highest BCUT2D eigenvalue weighted by Gasteiger charge is 2.33. The fourth-order valence-electron chi connectivity index (χ4n) is 2.74. The number of benzene rings is 1. The highest BCUT2D eigenvalue weighted by atomic mass is 16.6. The van der Waals surface area contributed by atoms with E-state index in [-0.39, 0.29) is 17.0 Å². The summed E-state index contributed by atoms with van der Waals surface area (Å²) in [4.78, 5) is 47.4. The number of amides is 2. The summed E-state index contributed by atoms with van der Waals surface area (Å²) in [5.74, 6) is -2.27. The summed E-state index contributed by atoms with van der Waals surface area (Å²) in [5.41, 5.74) is -0.940. The molecule has 9 heteroatoms. The van der Waals surface area contributed by atoms with Gasteiger partial charge in [0.2, 0.25) is 5.91 Å². The van der Waals surface area contributed by atoms with Crippen LogP contribution < -0.4 is 5.32 Å². The van der Waals surface area contributed by atoms with Gasteiger partial charge in [-0.1, -0.05) is 0 Å². The summed E-state index contributed by atoms with van der Waals surface area (Å²) in [5, 5.41) is 22.5. The van der Waals surface area contributed by atoms with Crippen LogP contribution in [0.25, 0.3) is 0 Å². The molecule has 24 heavy (non-hydrogen) atoms. The zero-order valence-electron chi connectivity index (χ0n) is 13.0. The molecule has 0 aliphatic carbocycles. The van der Waals surface area contributed by atoms with Crippen molar-refractivity contribution in [1.82, 2.24) is 10.2 Å². The van der Waals surface area contributed by atoms with Crippen molar-refractivity contribution >= 4 is 23.5 Å². The molecule has 0 aromatic heterocycles. The fraction of sp³-hybridized carbons (Fsp3) is 0.400. The molecule has 2 amide bonds. The molecule has 1 atom stereocenters. The highest BCUT2D eigenvalue weighted by molar-refractivity contribution is 6.00. The van der Waals surface area contributed by atoms with E-state index < -0.39 is 28.5 Å². The molecule has 1 aromatic rings. The lowest BCUT2D eigenvalue weighted by molar-refractivity contribution is -0.384. The first-order valence-electron chi connectivity index (χ1n) is 7.40. The summed E-state index contributed by atoms with van der Waals surface area (Å²) in [6.45, 7) is 0.335. The number of aromatic carboxylic acids is 1. The Morgan fingerprint density at radius 1 is 1.25 bits per heavy atom. The molecule has 9 nitrogen and oxygen atoms in total. The van der Waals surface area contributed by atoms with Gasteiger partial charge in [0, 0.05) is 31.3 Å². The molecule has 1 aromatic carbocycles. The highest BCUT2D eigenvalue weighted by Crippen LogP contribution is 2.23. The molecule has 0 bridgehead atoms. The first-order valence-corrected chi connectivity index (χ1v) is 7.40. The molecule has 1 heterocycles. The molecule has 1 aliphatic rings. The van der Waals surface area contributed by atoms with E-state index in [0.717, 1.165) is 24.6 Å². The van der Waals surface area contributed by atoms with E-state index in [9.17, 15) is 24.5 Å². The van der Waals surface area contributed by atoms with Crippen LogP contribution in [0, 0.1) is 10.1 Å². The Kier molecular flexibility index (Phi) is 5.12. The summed E-state index contributed by atoms with van der Waals surface area (Å²) in [7, 11) is 1.47. The minimum absolute atomic E-state index is 0.114. The van der Waals surface area contributed by atoms with Crippen molar-refractivity contribution in [1.29, 1.82) is 0 Å². The molecule has 0 spiro atoms. The van der Waals surface area contributed by atoms with Crippen LogP contribution in [0.3, 0.4) is 0 Å². The molecule has 0 radical (unpaired) electrons. The van der Waals surface area contributed by atoms with Gasteiger partial charge in [0.15, 0.2) is 0 Å². The quantitative estimate of drug-likeness (QED) is 0.624. The lowest BCUT2D eigenvalue weighted by Crippen LogP contribution is -2.51. The number of carbonyl (C=O) groups excluding carboxylic acids is 2. The lowest BCUT2D eigenvalue weighted by atomic mass is 9.99. The molecular formula is C15H17N3O6. The number of nitro benzene ring substituents is 1. The monoisotopic (exact) mass is 335 g/mol. The number of carbonyl (C=O) groups is 3. The minimum Gasteiger partial charge on any atom is -0.478 e. The van der Waals surface area contributed by atoms with Crippen LogP contribution in [-0.2, 0) is 4.79 Å². The Morgan fingerprint density at radius 2 is 1.92 bits per heavy atom. The van der Waals surface area contributed by atoms with Crippen molar-refractivity contribution < 1.29 is 24.4 Å². The van der Waals surface area contributed by atoms with E-state index in [1.165, 1.54) is 11.9 Å². The predicted octanol–water partition coefficient (Wildman–Crippen LogP) is 1.03. The number of hydrogen-bond acceptors (Lipinski definition) is 5. The standard InChI is InChI=1S/C15H17N3O6/c1-16-13(19)12-4-2-3-5-17(12)14(20)9-6-10(15(21)22)8-11(7-9)18(23)24/h6-8,12H,2-5H2,1H3,(H,16,19)(H,21,22). The average Bonchev–Trinajstić information content (AvgIpc) is 2.59. The van der Waals surface area contributed by atoms with Crippen LogP contribution in [0.5, 0.6) is 0 Å². The average molecular weight is 335 g/mol. The van der Waals surface area contributed by atoms with Crippen molar-refractivity contribution in [2.24, 2.45) is 0 Å². The zero-order chi connectivity index (χ0) is 17.9. The number of non-ortho nitro benzene ring substituents is 1. The largest absolute Gasteiger partial charge is 0.478 e. The number of carboxylic acids is 1. The second kappa shape index (κ2) is 7.07. The molecule has 1 fully saturated rings. The number of carboxylic acid groups (broad SMARTS) is 1. The van der Waals surface area contributed by atoms with Gasteiger partial charge in [0.25, 0.3) is 11.6 Å². The maximum absolute atomic E-state index is 12.7. The number of nitrogens with one attached hydrogen (secondary N) is 1. The van der Waals surface area contributed by atoms with E-state index in [4.69, 9.17) is 5.11 Å². The number of nitrogens with zero attached hydrogens (tertiary/aromatic N) is 2. The normalized spacial score (nSPS) is 17.2. The fourth-order valence-corrected chi connectivity index (χ4v) is 2.74. The van der Waals surface area contributed by atoms with Crippen LogP contribution >= 0.6 is 0 Å². The van der Waals surface area contributed by atoms with Crippen molar-refractivity contribution in [3.63, 3.8) is 0 Å². The predicted molar refractivity (Wildman–Crippen MR) is 82.8 cm³/mol. The van der Waals surface area contributed by atoms with Gasteiger partial charge < -0.3 is 15.3 Å². The second-order valence-electron chi connectivity index (χ2n) is 5.46. The van der Waals surface area contributed by atoms with Crippen molar-refractivity contribution in [2.45, 2.75) is 25.3 Å². The number of rotatable bonds is 4. The summed E-state index contributed by atoms with van der Waals surface area (Å²) in [6, 6.07) is 2.35. The topological polar surface area (TPSA) is 130 Å². The number of likely N-dealkylation sites (tertiary alicyclic amines) is 1. The molecule has 128 valence electrons. The van der Waals surface area contributed by atoms with Gasteiger partial charge in [-0.15, -0.1) is 0 Å². The first-order chi connectivity index (χ1) is 11.3. The van der Waals surface area contributed by atoms with E-state index in [1.807, 2.05) is 0 Å². The molecule has 1 saturated heterocycles. The van der Waals surface area contributed by atoms with E-state index in [1.54, 1.807) is 0 Å². The Balaban J connectivity index is 2.41. The van der Waals surface area contributed by atoms with Crippen molar-refractivity contribution in [3.05, 3.63) is 39.4 Å². The Morgan fingerprint density at radius 3 is 2.50 bits per heavy atom. The number of piperidine rings is 1. The molecule has 1 aliphatic heterocycles. The van der Waals surface area contributed by atoms with Crippen LogP contribution in [0.2, 0.25) is 0 Å². The van der Waals surface area contributed by atoms with Gasteiger partial charge in [-0.05, 0) is 25.3 Å². The number of likely N-dealkylation sites (N-methyl/N-ethyl adjacent to an activating group) is 1. The summed E-state index contributed by atoms with van der Waals surface area (Å²) in [6.07, 6.45) is 1.99. The number of hydrogen-bond donors (Lipinski definition) is 2. The van der Waals surface area contributed by atoms with Crippen LogP contribution in [0.15, 0.2) is 18.2 Å². The van der Waals surface area contributed by atoms with Crippen molar-refractivity contribution in [2.75, 3.05) is 13.6 Å². The van der Waals surface area contributed by atoms with E-state index >= 15 is 0 Å². The molecular weight excluding hydrogens is 318 g/mol. The number of nitro groups is 1. The van der Waals surface area contributed by atoms with Gasteiger partial charge in [-0.25, -0.2) is 4.79 Å². The smallest absolute Gasteiger partial charge is 0.335 e.